The van der Waals surface area contributed by atoms with E-state index in [1.54, 1.807) is 6.92 Å². The standard InChI is InChI=1S/C29H37N3O3/c1-20-5-7-23(8-6-20)27-26-19-25(12-11-22(26)13-17-32(27)29(34)24-9-10-24)35-21(2)28(33)30-14-18-31-15-3-4-16-31/h5-8,11-12,19,21,24,27H,3-4,9-10,13-18H2,1-2H3,(H,30,33)/t21-,27+/m1/s1. The number of ether oxygens (including phenoxy) is 1. The molecule has 6 heteroatoms. The first kappa shape index (κ1) is 23.9. The lowest BCUT2D eigenvalue weighted by molar-refractivity contribution is -0.134. The second-order valence-electron chi connectivity index (χ2n) is 10.3. The summed E-state index contributed by atoms with van der Waals surface area (Å²) < 4.78 is 6.09. The number of aryl methyl sites for hydroxylation is 1. The van der Waals surface area contributed by atoms with Gasteiger partial charge in [-0.3, -0.25) is 9.59 Å². The molecule has 5 rings (SSSR count). The van der Waals surface area contributed by atoms with Crippen LogP contribution in [0.3, 0.4) is 0 Å². The molecule has 2 heterocycles. The van der Waals surface area contributed by atoms with Crippen molar-refractivity contribution in [2.24, 2.45) is 5.92 Å². The second-order valence-corrected chi connectivity index (χ2v) is 10.3. The van der Waals surface area contributed by atoms with Crippen LogP contribution in [0.25, 0.3) is 0 Å². The van der Waals surface area contributed by atoms with Crippen LogP contribution < -0.4 is 10.1 Å². The Morgan fingerprint density at radius 1 is 1.06 bits per heavy atom. The molecule has 0 unspecified atom stereocenters. The monoisotopic (exact) mass is 475 g/mol. The van der Waals surface area contributed by atoms with Crippen molar-refractivity contribution in [1.29, 1.82) is 0 Å². The molecule has 0 bridgehead atoms. The summed E-state index contributed by atoms with van der Waals surface area (Å²) in [6, 6.07) is 14.5. The minimum atomic E-state index is -0.586. The van der Waals surface area contributed by atoms with Crippen LogP contribution in [0.1, 0.15) is 60.9 Å². The molecule has 6 nitrogen and oxygen atoms in total. The van der Waals surface area contributed by atoms with Gasteiger partial charge in [0, 0.05) is 25.6 Å². The van der Waals surface area contributed by atoms with Crippen LogP contribution >= 0.6 is 0 Å². The Kier molecular flexibility index (Phi) is 7.09. The number of nitrogens with one attached hydrogen (secondary N) is 1. The maximum atomic E-state index is 13.2. The summed E-state index contributed by atoms with van der Waals surface area (Å²) in [5, 5.41) is 3.01. The highest BCUT2D eigenvalue weighted by molar-refractivity contribution is 5.82. The Morgan fingerprint density at radius 3 is 2.51 bits per heavy atom. The highest BCUT2D eigenvalue weighted by Gasteiger charge is 2.39. The predicted octanol–water partition coefficient (Wildman–Crippen LogP) is 3.86. The average Bonchev–Trinajstić information content (AvgIpc) is 3.59. The van der Waals surface area contributed by atoms with Gasteiger partial charge in [0.15, 0.2) is 6.10 Å². The fraction of sp³-hybridized carbons (Fsp3) is 0.517. The third-order valence-corrected chi connectivity index (χ3v) is 7.56. The van der Waals surface area contributed by atoms with Crippen molar-refractivity contribution in [3.05, 3.63) is 64.7 Å². The summed E-state index contributed by atoms with van der Waals surface area (Å²) in [6.07, 6.45) is 4.74. The van der Waals surface area contributed by atoms with E-state index in [1.807, 2.05) is 12.1 Å². The maximum Gasteiger partial charge on any atom is 0.260 e. The molecule has 1 aliphatic carbocycles. The Labute approximate surface area is 208 Å². The molecule has 0 radical (unpaired) electrons. The fourth-order valence-corrected chi connectivity index (χ4v) is 5.32. The molecule has 186 valence electrons. The Hall–Kier alpha value is -2.86. The van der Waals surface area contributed by atoms with E-state index in [0.717, 1.165) is 56.6 Å². The predicted molar refractivity (Wildman–Crippen MR) is 136 cm³/mol. The molecule has 1 saturated carbocycles. The molecule has 2 aromatic carbocycles. The van der Waals surface area contributed by atoms with Crippen LogP contribution in [0.4, 0.5) is 0 Å². The van der Waals surface area contributed by atoms with Crippen LogP contribution in [-0.4, -0.2) is 60.4 Å². The number of hydrogen-bond acceptors (Lipinski definition) is 4. The minimum absolute atomic E-state index is 0.0949. The number of carbonyl (C=O) groups excluding carboxylic acids is 2. The summed E-state index contributed by atoms with van der Waals surface area (Å²) in [5.41, 5.74) is 4.67. The highest BCUT2D eigenvalue weighted by atomic mass is 16.5. The molecule has 1 N–H and O–H groups in total. The molecule has 3 aliphatic rings. The van der Waals surface area contributed by atoms with Crippen molar-refractivity contribution in [2.75, 3.05) is 32.7 Å². The van der Waals surface area contributed by atoms with Gasteiger partial charge < -0.3 is 19.9 Å². The van der Waals surface area contributed by atoms with Gasteiger partial charge in [0.05, 0.1) is 6.04 Å². The quantitative estimate of drug-likeness (QED) is 0.630. The molecule has 1 saturated heterocycles. The van der Waals surface area contributed by atoms with E-state index >= 15 is 0 Å². The first-order valence-electron chi connectivity index (χ1n) is 13.2. The lowest BCUT2D eigenvalue weighted by Crippen LogP contribution is -2.41. The zero-order valence-electron chi connectivity index (χ0n) is 21.0. The first-order valence-corrected chi connectivity index (χ1v) is 13.2. The van der Waals surface area contributed by atoms with Crippen molar-refractivity contribution in [3.8, 4) is 5.75 Å². The molecule has 2 atom stereocenters. The van der Waals surface area contributed by atoms with Crippen LogP contribution in [0.15, 0.2) is 42.5 Å². The third-order valence-electron chi connectivity index (χ3n) is 7.56. The van der Waals surface area contributed by atoms with E-state index in [2.05, 4.69) is 52.4 Å². The molecule has 0 aromatic heterocycles. The summed E-state index contributed by atoms with van der Waals surface area (Å²) in [5.74, 6) is 1.01. The Bertz CT molecular complexity index is 1060. The van der Waals surface area contributed by atoms with Gasteiger partial charge >= 0.3 is 0 Å². The van der Waals surface area contributed by atoms with E-state index in [4.69, 9.17) is 4.74 Å². The van der Waals surface area contributed by atoms with Crippen LogP contribution in [0, 0.1) is 12.8 Å². The van der Waals surface area contributed by atoms with Crippen LogP contribution in [0.5, 0.6) is 5.75 Å². The van der Waals surface area contributed by atoms with E-state index in [1.165, 1.54) is 24.0 Å². The maximum absolute atomic E-state index is 13.2. The number of rotatable bonds is 8. The molecular formula is C29H37N3O3. The van der Waals surface area contributed by atoms with Gasteiger partial charge in [0.1, 0.15) is 5.75 Å². The molecule has 0 spiro atoms. The van der Waals surface area contributed by atoms with Crippen molar-refractivity contribution < 1.29 is 14.3 Å². The van der Waals surface area contributed by atoms with Gasteiger partial charge in [-0.1, -0.05) is 35.9 Å². The zero-order chi connectivity index (χ0) is 24.4. The number of benzene rings is 2. The summed E-state index contributed by atoms with van der Waals surface area (Å²) in [6.45, 7) is 8.39. The van der Waals surface area contributed by atoms with Crippen LogP contribution in [0.2, 0.25) is 0 Å². The highest BCUT2D eigenvalue weighted by Crippen LogP contribution is 2.41. The van der Waals surface area contributed by atoms with E-state index < -0.39 is 6.10 Å². The van der Waals surface area contributed by atoms with Gasteiger partial charge in [-0.05, 0) is 87.9 Å². The molecular weight excluding hydrogens is 438 g/mol. The number of nitrogens with zero attached hydrogens (tertiary/aromatic N) is 2. The fourth-order valence-electron chi connectivity index (χ4n) is 5.32. The molecule has 2 aliphatic heterocycles. The van der Waals surface area contributed by atoms with Crippen molar-refractivity contribution in [1.82, 2.24) is 15.1 Å². The van der Waals surface area contributed by atoms with E-state index in [9.17, 15) is 9.59 Å². The van der Waals surface area contributed by atoms with Gasteiger partial charge in [0.25, 0.3) is 5.91 Å². The Morgan fingerprint density at radius 2 is 1.80 bits per heavy atom. The van der Waals surface area contributed by atoms with Gasteiger partial charge in [-0.2, -0.15) is 0 Å². The Balaban J connectivity index is 1.32. The number of carbonyl (C=O) groups is 2. The average molecular weight is 476 g/mol. The zero-order valence-corrected chi connectivity index (χ0v) is 21.0. The van der Waals surface area contributed by atoms with Crippen molar-refractivity contribution >= 4 is 11.8 Å². The molecule has 2 fully saturated rings. The lowest BCUT2D eigenvalue weighted by atomic mass is 9.87. The lowest BCUT2D eigenvalue weighted by Gasteiger charge is -2.38. The number of fused-ring (bicyclic) bond motifs is 1. The second kappa shape index (κ2) is 10.4. The molecule has 2 amide bonds. The minimum Gasteiger partial charge on any atom is -0.481 e. The summed E-state index contributed by atoms with van der Waals surface area (Å²) in [4.78, 5) is 30.3. The van der Waals surface area contributed by atoms with Crippen LogP contribution in [-0.2, 0) is 16.0 Å². The van der Waals surface area contributed by atoms with E-state index in [0.29, 0.717) is 12.3 Å². The number of amides is 2. The van der Waals surface area contributed by atoms with E-state index in [-0.39, 0.29) is 23.8 Å². The molecule has 35 heavy (non-hydrogen) atoms. The summed E-state index contributed by atoms with van der Waals surface area (Å²) >= 11 is 0. The largest absolute Gasteiger partial charge is 0.481 e. The SMILES string of the molecule is Cc1ccc([C@H]2c3cc(O[C@H](C)C(=O)NCCN4CCCC4)ccc3CCN2C(=O)C2CC2)cc1. The van der Waals surface area contributed by atoms with Gasteiger partial charge in [-0.15, -0.1) is 0 Å². The van der Waals surface area contributed by atoms with Crippen molar-refractivity contribution in [3.63, 3.8) is 0 Å². The topological polar surface area (TPSA) is 61.9 Å². The first-order chi connectivity index (χ1) is 17.0. The van der Waals surface area contributed by atoms with Gasteiger partial charge in [0.2, 0.25) is 5.91 Å². The third kappa shape index (κ3) is 5.53. The number of hydrogen-bond donors (Lipinski definition) is 1. The van der Waals surface area contributed by atoms with Gasteiger partial charge in [-0.25, -0.2) is 0 Å². The number of likely N-dealkylation sites (tertiary alicyclic amines) is 1. The molecule has 2 aromatic rings. The smallest absolute Gasteiger partial charge is 0.260 e. The van der Waals surface area contributed by atoms with Crippen molar-refractivity contribution in [2.45, 2.75) is 58.1 Å². The normalized spacial score (nSPS) is 20.9. The summed E-state index contributed by atoms with van der Waals surface area (Å²) in [7, 11) is 0.